The van der Waals surface area contributed by atoms with Gasteiger partial charge in [-0.3, -0.25) is 9.59 Å². The van der Waals surface area contributed by atoms with E-state index < -0.39 is 12.0 Å². The lowest BCUT2D eigenvalue weighted by molar-refractivity contribution is -0.141. The van der Waals surface area contributed by atoms with Crippen molar-refractivity contribution in [2.24, 2.45) is 0 Å². The number of nitrogens with zero attached hydrogens (tertiary/aromatic N) is 1. The molecule has 1 aromatic carbocycles. The van der Waals surface area contributed by atoms with Crippen LogP contribution in [-0.4, -0.2) is 40.8 Å². The highest BCUT2D eigenvalue weighted by Crippen LogP contribution is 2.20. The summed E-state index contributed by atoms with van der Waals surface area (Å²) < 4.78 is 0. The normalized spacial score (nSPS) is 18.7. The van der Waals surface area contributed by atoms with Crippen molar-refractivity contribution in [2.75, 3.05) is 6.54 Å². The van der Waals surface area contributed by atoms with Gasteiger partial charge in [0.1, 0.15) is 12.3 Å². The van der Waals surface area contributed by atoms with Crippen LogP contribution in [0.1, 0.15) is 33.6 Å². The molecular weight excluding hydrogens is 234 g/mol. The Labute approximate surface area is 104 Å². The average Bonchev–Trinajstić information content (AvgIpc) is 2.87. The SMILES string of the molecule is O=Cc1ccc(C(=O)N2CCC[C@H]2C(=O)O)cc1. The van der Waals surface area contributed by atoms with Gasteiger partial charge < -0.3 is 10.0 Å². The minimum atomic E-state index is -0.967. The molecule has 0 aliphatic carbocycles. The van der Waals surface area contributed by atoms with Crippen LogP contribution in [0.25, 0.3) is 0 Å². The van der Waals surface area contributed by atoms with E-state index >= 15 is 0 Å². The van der Waals surface area contributed by atoms with E-state index in [1.807, 2.05) is 0 Å². The molecule has 5 nitrogen and oxygen atoms in total. The van der Waals surface area contributed by atoms with Gasteiger partial charge in [0.15, 0.2) is 0 Å². The third-order valence-electron chi connectivity index (χ3n) is 3.09. The van der Waals surface area contributed by atoms with Crippen molar-refractivity contribution >= 4 is 18.2 Å². The second-order valence-corrected chi connectivity index (χ2v) is 4.23. The van der Waals surface area contributed by atoms with Crippen molar-refractivity contribution in [3.63, 3.8) is 0 Å². The van der Waals surface area contributed by atoms with Crippen LogP contribution in [0.5, 0.6) is 0 Å². The molecule has 1 atom stereocenters. The van der Waals surface area contributed by atoms with Crippen molar-refractivity contribution in [1.29, 1.82) is 0 Å². The third kappa shape index (κ3) is 2.25. The summed E-state index contributed by atoms with van der Waals surface area (Å²) in [6, 6.07) is 5.45. The minimum Gasteiger partial charge on any atom is -0.480 e. The van der Waals surface area contributed by atoms with Crippen LogP contribution in [0, 0.1) is 0 Å². The summed E-state index contributed by atoms with van der Waals surface area (Å²) in [5.74, 6) is -1.26. The van der Waals surface area contributed by atoms with Crippen LogP contribution in [-0.2, 0) is 4.79 Å². The molecule has 1 fully saturated rings. The summed E-state index contributed by atoms with van der Waals surface area (Å²) in [6.07, 6.45) is 1.90. The highest BCUT2D eigenvalue weighted by Gasteiger charge is 2.34. The first-order chi connectivity index (χ1) is 8.63. The summed E-state index contributed by atoms with van der Waals surface area (Å²) in [5, 5.41) is 9.02. The van der Waals surface area contributed by atoms with Crippen LogP contribution in [0.2, 0.25) is 0 Å². The van der Waals surface area contributed by atoms with E-state index in [-0.39, 0.29) is 5.91 Å². The van der Waals surface area contributed by atoms with Crippen molar-refractivity contribution in [1.82, 2.24) is 4.90 Å². The molecule has 0 bridgehead atoms. The Balaban J connectivity index is 2.19. The van der Waals surface area contributed by atoms with E-state index in [2.05, 4.69) is 0 Å². The van der Waals surface area contributed by atoms with Crippen LogP contribution >= 0.6 is 0 Å². The number of hydrogen-bond donors (Lipinski definition) is 1. The number of hydrogen-bond acceptors (Lipinski definition) is 3. The first-order valence-electron chi connectivity index (χ1n) is 5.72. The number of carboxylic acids is 1. The van der Waals surface area contributed by atoms with Gasteiger partial charge >= 0.3 is 5.97 Å². The molecule has 0 unspecified atom stereocenters. The van der Waals surface area contributed by atoms with Gasteiger partial charge in [-0.1, -0.05) is 12.1 Å². The molecule has 1 N–H and O–H groups in total. The summed E-state index contributed by atoms with van der Waals surface area (Å²) in [4.78, 5) is 35.0. The first-order valence-corrected chi connectivity index (χ1v) is 5.72. The fraction of sp³-hybridized carbons (Fsp3) is 0.308. The molecule has 0 saturated carbocycles. The van der Waals surface area contributed by atoms with Crippen molar-refractivity contribution in [3.8, 4) is 0 Å². The molecule has 18 heavy (non-hydrogen) atoms. The van der Waals surface area contributed by atoms with Crippen LogP contribution in [0.3, 0.4) is 0 Å². The zero-order valence-corrected chi connectivity index (χ0v) is 9.70. The van der Waals surface area contributed by atoms with Gasteiger partial charge in [-0.05, 0) is 25.0 Å². The Hall–Kier alpha value is -2.17. The molecule has 1 heterocycles. The molecule has 0 spiro atoms. The fourth-order valence-electron chi connectivity index (χ4n) is 2.14. The second kappa shape index (κ2) is 5.00. The number of carbonyl (C=O) groups excluding carboxylic acids is 2. The van der Waals surface area contributed by atoms with E-state index in [0.29, 0.717) is 36.8 Å². The number of aliphatic carboxylic acids is 1. The minimum absolute atomic E-state index is 0.294. The molecule has 94 valence electrons. The average molecular weight is 247 g/mol. The van der Waals surface area contributed by atoms with E-state index in [4.69, 9.17) is 5.11 Å². The van der Waals surface area contributed by atoms with Crippen molar-refractivity contribution < 1.29 is 19.5 Å². The number of carbonyl (C=O) groups is 3. The summed E-state index contributed by atoms with van der Waals surface area (Å²) in [7, 11) is 0. The Bertz CT molecular complexity index is 480. The molecular formula is C13H13NO4. The number of carboxylic acid groups (broad SMARTS) is 1. The van der Waals surface area contributed by atoms with E-state index in [1.165, 1.54) is 4.90 Å². The summed E-state index contributed by atoms with van der Waals surface area (Å²) in [5.41, 5.74) is 0.900. The fourth-order valence-corrected chi connectivity index (χ4v) is 2.14. The molecule has 1 aliphatic heterocycles. The number of benzene rings is 1. The van der Waals surface area contributed by atoms with E-state index in [0.717, 1.165) is 0 Å². The number of rotatable bonds is 3. The van der Waals surface area contributed by atoms with E-state index in [9.17, 15) is 14.4 Å². The zero-order valence-electron chi connectivity index (χ0n) is 9.70. The van der Waals surface area contributed by atoms with Gasteiger partial charge in [-0.2, -0.15) is 0 Å². The van der Waals surface area contributed by atoms with Gasteiger partial charge in [0.05, 0.1) is 0 Å². The smallest absolute Gasteiger partial charge is 0.326 e. The van der Waals surface area contributed by atoms with Crippen LogP contribution in [0.15, 0.2) is 24.3 Å². The largest absolute Gasteiger partial charge is 0.480 e. The molecule has 0 aromatic heterocycles. The lowest BCUT2D eigenvalue weighted by atomic mass is 10.1. The molecule has 0 radical (unpaired) electrons. The molecule has 1 saturated heterocycles. The Kier molecular flexibility index (Phi) is 3.41. The maximum absolute atomic E-state index is 12.1. The third-order valence-corrected chi connectivity index (χ3v) is 3.09. The lowest BCUT2D eigenvalue weighted by Gasteiger charge is -2.21. The maximum Gasteiger partial charge on any atom is 0.326 e. The molecule has 5 heteroatoms. The Morgan fingerprint density at radius 3 is 2.50 bits per heavy atom. The van der Waals surface area contributed by atoms with Gasteiger partial charge in [-0.25, -0.2) is 4.79 Å². The Morgan fingerprint density at radius 2 is 1.94 bits per heavy atom. The van der Waals surface area contributed by atoms with Crippen LogP contribution in [0.4, 0.5) is 0 Å². The molecule has 1 amide bonds. The standard InChI is InChI=1S/C13H13NO4/c15-8-9-3-5-10(6-4-9)12(16)14-7-1-2-11(14)13(17)18/h3-6,8,11H,1-2,7H2,(H,17,18)/t11-/m0/s1. The number of likely N-dealkylation sites (tertiary alicyclic amines) is 1. The van der Waals surface area contributed by atoms with Crippen LogP contribution < -0.4 is 0 Å². The quantitative estimate of drug-likeness (QED) is 0.814. The second-order valence-electron chi connectivity index (χ2n) is 4.23. The molecule has 1 aliphatic rings. The van der Waals surface area contributed by atoms with Gasteiger partial charge in [0.25, 0.3) is 5.91 Å². The number of aldehydes is 1. The summed E-state index contributed by atoms with van der Waals surface area (Å²) in [6.45, 7) is 0.464. The number of amides is 1. The summed E-state index contributed by atoms with van der Waals surface area (Å²) >= 11 is 0. The monoisotopic (exact) mass is 247 g/mol. The lowest BCUT2D eigenvalue weighted by Crippen LogP contribution is -2.40. The highest BCUT2D eigenvalue weighted by molar-refractivity contribution is 5.97. The van der Waals surface area contributed by atoms with Gasteiger partial charge in [-0.15, -0.1) is 0 Å². The highest BCUT2D eigenvalue weighted by atomic mass is 16.4. The Morgan fingerprint density at radius 1 is 1.28 bits per heavy atom. The molecule has 1 aromatic rings. The topological polar surface area (TPSA) is 74.7 Å². The van der Waals surface area contributed by atoms with Gasteiger partial charge in [0, 0.05) is 17.7 Å². The maximum atomic E-state index is 12.1. The molecule has 2 rings (SSSR count). The predicted molar refractivity (Wildman–Crippen MR) is 63.5 cm³/mol. The zero-order chi connectivity index (χ0) is 13.1. The van der Waals surface area contributed by atoms with Crippen molar-refractivity contribution in [3.05, 3.63) is 35.4 Å². The van der Waals surface area contributed by atoms with E-state index in [1.54, 1.807) is 24.3 Å². The predicted octanol–water partition coefficient (Wildman–Crippen LogP) is 1.19. The van der Waals surface area contributed by atoms with Gasteiger partial charge in [0.2, 0.25) is 0 Å². The van der Waals surface area contributed by atoms with Crippen molar-refractivity contribution in [2.45, 2.75) is 18.9 Å². The first kappa shape index (κ1) is 12.3.